The summed E-state index contributed by atoms with van der Waals surface area (Å²) in [7, 11) is 0. The van der Waals surface area contributed by atoms with Crippen LogP contribution in [0, 0.1) is 5.82 Å². The zero-order chi connectivity index (χ0) is 25.8. The number of nitrogens with zero attached hydrogens (tertiary/aromatic N) is 2. The molecule has 7 heteroatoms. The molecule has 2 amide bonds. The molecule has 5 rings (SSSR count). The van der Waals surface area contributed by atoms with Crippen LogP contribution in [0.3, 0.4) is 0 Å². The van der Waals surface area contributed by atoms with Gasteiger partial charge in [-0.2, -0.15) is 0 Å². The first-order valence-electron chi connectivity index (χ1n) is 12.8. The third kappa shape index (κ3) is 5.94. The van der Waals surface area contributed by atoms with Gasteiger partial charge in [-0.3, -0.25) is 19.5 Å². The van der Waals surface area contributed by atoms with Crippen molar-refractivity contribution in [1.29, 1.82) is 0 Å². The molecular weight excluding hydrogens is 467 g/mol. The van der Waals surface area contributed by atoms with E-state index in [2.05, 4.69) is 32.7 Å². The van der Waals surface area contributed by atoms with Crippen LogP contribution in [-0.2, 0) is 11.3 Å². The number of nitrogens with one attached hydrogen (secondary N) is 2. The number of aliphatic imine (C=N–C) groups is 1. The Morgan fingerprint density at radius 3 is 2.54 bits per heavy atom. The lowest BCUT2D eigenvalue weighted by molar-refractivity contribution is -0.115. The number of hydrogen-bond acceptors (Lipinski definition) is 4. The Morgan fingerprint density at radius 1 is 1.08 bits per heavy atom. The van der Waals surface area contributed by atoms with Gasteiger partial charge in [-0.1, -0.05) is 36.8 Å². The van der Waals surface area contributed by atoms with Crippen molar-refractivity contribution >= 4 is 29.4 Å². The molecule has 1 saturated heterocycles. The highest BCUT2D eigenvalue weighted by Gasteiger charge is 2.30. The van der Waals surface area contributed by atoms with Gasteiger partial charge in [-0.25, -0.2) is 4.39 Å². The smallest absolute Gasteiger partial charge is 0.251 e. The molecule has 2 heterocycles. The van der Waals surface area contributed by atoms with E-state index in [1.165, 1.54) is 37.0 Å². The minimum atomic E-state index is -0.515. The second-order valence-corrected chi connectivity index (χ2v) is 9.80. The van der Waals surface area contributed by atoms with Crippen LogP contribution < -0.4 is 10.6 Å². The zero-order valence-electron chi connectivity index (χ0n) is 20.9. The van der Waals surface area contributed by atoms with Gasteiger partial charge < -0.3 is 10.6 Å². The number of piperidine rings is 1. The van der Waals surface area contributed by atoms with E-state index in [4.69, 9.17) is 0 Å². The van der Waals surface area contributed by atoms with Crippen LogP contribution in [0.15, 0.2) is 71.7 Å². The summed E-state index contributed by atoms with van der Waals surface area (Å²) in [6.45, 7) is 5.12. The van der Waals surface area contributed by atoms with Gasteiger partial charge in [0.1, 0.15) is 11.7 Å². The summed E-state index contributed by atoms with van der Waals surface area (Å²) in [5.41, 5.74) is 4.72. The predicted molar refractivity (Wildman–Crippen MR) is 144 cm³/mol. The molecule has 1 unspecified atom stereocenters. The summed E-state index contributed by atoms with van der Waals surface area (Å²) in [6, 6.07) is 19.1. The van der Waals surface area contributed by atoms with E-state index in [1.54, 1.807) is 36.5 Å². The molecule has 0 radical (unpaired) electrons. The molecule has 1 fully saturated rings. The van der Waals surface area contributed by atoms with E-state index in [9.17, 15) is 14.0 Å². The van der Waals surface area contributed by atoms with Crippen LogP contribution in [0.25, 0.3) is 0 Å². The fraction of sp³-hybridized carbons (Fsp3) is 0.300. The van der Waals surface area contributed by atoms with Gasteiger partial charge in [0.2, 0.25) is 5.91 Å². The minimum absolute atomic E-state index is 0.169. The van der Waals surface area contributed by atoms with Gasteiger partial charge in [0.05, 0.1) is 11.7 Å². The largest absolute Gasteiger partial charge is 0.346 e. The second-order valence-electron chi connectivity index (χ2n) is 9.80. The molecule has 2 aliphatic rings. The Labute approximate surface area is 216 Å². The highest BCUT2D eigenvalue weighted by molar-refractivity contribution is 6.13. The first-order chi connectivity index (χ1) is 18.0. The molecule has 0 saturated carbocycles. The van der Waals surface area contributed by atoms with E-state index >= 15 is 0 Å². The number of benzene rings is 3. The molecule has 0 aromatic heterocycles. The highest BCUT2D eigenvalue weighted by atomic mass is 19.1. The lowest BCUT2D eigenvalue weighted by atomic mass is 10.00. The number of carbonyl (C=O) groups is 2. The molecule has 0 spiro atoms. The van der Waals surface area contributed by atoms with Crippen molar-refractivity contribution in [3.63, 3.8) is 0 Å². The number of halogens is 1. The fourth-order valence-corrected chi connectivity index (χ4v) is 4.92. The lowest BCUT2D eigenvalue weighted by Gasteiger charge is -2.26. The van der Waals surface area contributed by atoms with Crippen molar-refractivity contribution < 1.29 is 14.0 Å². The normalized spacial score (nSPS) is 18.4. The van der Waals surface area contributed by atoms with Gasteiger partial charge in [-0.15, -0.1) is 0 Å². The number of carbonyl (C=O) groups excluding carboxylic acids is 2. The molecular formula is C30H31FN4O2. The first kappa shape index (κ1) is 24.8. The Kier molecular flexibility index (Phi) is 7.42. The Bertz CT molecular complexity index is 1300. The van der Waals surface area contributed by atoms with Crippen LogP contribution in [-0.4, -0.2) is 36.0 Å². The predicted octanol–water partition coefficient (Wildman–Crippen LogP) is 5.74. The summed E-state index contributed by atoms with van der Waals surface area (Å²) < 4.78 is 13.2. The van der Waals surface area contributed by atoms with Crippen molar-refractivity contribution in [2.75, 3.05) is 18.4 Å². The molecule has 0 aliphatic carbocycles. The Morgan fingerprint density at radius 2 is 1.81 bits per heavy atom. The molecule has 37 heavy (non-hydrogen) atoms. The van der Waals surface area contributed by atoms with E-state index < -0.39 is 5.92 Å². The molecule has 190 valence electrons. The van der Waals surface area contributed by atoms with Crippen molar-refractivity contribution in [2.24, 2.45) is 4.99 Å². The first-order valence-corrected chi connectivity index (χ1v) is 12.8. The van der Waals surface area contributed by atoms with Crippen molar-refractivity contribution in [1.82, 2.24) is 10.2 Å². The molecule has 2 atom stereocenters. The van der Waals surface area contributed by atoms with Crippen molar-refractivity contribution in [3.05, 3.63) is 94.8 Å². The molecule has 0 bridgehead atoms. The molecule has 2 aliphatic heterocycles. The zero-order valence-corrected chi connectivity index (χ0v) is 20.9. The van der Waals surface area contributed by atoms with E-state index in [-0.39, 0.29) is 23.7 Å². The minimum Gasteiger partial charge on any atom is -0.346 e. The van der Waals surface area contributed by atoms with Gasteiger partial charge in [0.25, 0.3) is 5.91 Å². The molecule has 2 N–H and O–H groups in total. The third-order valence-corrected chi connectivity index (χ3v) is 7.07. The maximum Gasteiger partial charge on any atom is 0.251 e. The maximum absolute atomic E-state index is 13.2. The van der Waals surface area contributed by atoms with Gasteiger partial charge >= 0.3 is 0 Å². The fourth-order valence-electron chi connectivity index (χ4n) is 4.92. The lowest BCUT2D eigenvalue weighted by Crippen LogP contribution is -2.28. The highest BCUT2D eigenvalue weighted by Crippen LogP contribution is 2.33. The maximum atomic E-state index is 13.2. The van der Waals surface area contributed by atoms with E-state index in [0.717, 1.165) is 36.4 Å². The van der Waals surface area contributed by atoms with Crippen LogP contribution in [0.5, 0.6) is 0 Å². The number of likely N-dealkylation sites (tertiary alicyclic amines) is 1. The number of hydrogen-bond donors (Lipinski definition) is 2. The van der Waals surface area contributed by atoms with Crippen LogP contribution in [0.2, 0.25) is 0 Å². The van der Waals surface area contributed by atoms with Crippen molar-refractivity contribution in [3.8, 4) is 0 Å². The van der Waals surface area contributed by atoms with Crippen molar-refractivity contribution in [2.45, 2.75) is 44.7 Å². The summed E-state index contributed by atoms with van der Waals surface area (Å²) >= 11 is 0. The van der Waals surface area contributed by atoms with Gasteiger partial charge in [0, 0.05) is 24.0 Å². The SMILES string of the molecule is C[C@@H](NC(=O)c1ccc2c(c1)NC(=O)C2C=Nc1ccc(CN2CCCCC2)cc1)c1ccc(F)cc1. The number of rotatable bonds is 7. The van der Waals surface area contributed by atoms with Crippen LogP contribution in [0.1, 0.15) is 65.2 Å². The van der Waals surface area contributed by atoms with E-state index in [0.29, 0.717) is 11.3 Å². The standard InChI is InChI=1S/C30H31FN4O2/c1-20(22-7-10-24(31)11-8-22)33-29(36)23-9-14-26-27(30(37)34-28(26)17-23)18-32-25-12-5-21(6-13-25)19-35-15-3-2-4-16-35/h5-14,17-18,20,27H,2-4,15-16,19H2,1H3,(H,33,36)(H,34,37)/t20-,27?/m1/s1. The van der Waals surface area contributed by atoms with Gasteiger partial charge in [-0.05, 0) is 85.9 Å². The molecule has 3 aromatic carbocycles. The average Bonchev–Trinajstić information content (AvgIpc) is 3.23. The average molecular weight is 499 g/mol. The Balaban J connectivity index is 1.22. The molecule has 6 nitrogen and oxygen atoms in total. The molecule has 3 aromatic rings. The summed E-state index contributed by atoms with van der Waals surface area (Å²) in [5, 5.41) is 5.79. The summed E-state index contributed by atoms with van der Waals surface area (Å²) in [5.74, 6) is -1.27. The van der Waals surface area contributed by atoms with E-state index in [1.807, 2.05) is 19.1 Å². The monoisotopic (exact) mass is 498 g/mol. The number of fused-ring (bicyclic) bond motifs is 1. The third-order valence-electron chi connectivity index (χ3n) is 7.07. The quantitative estimate of drug-likeness (QED) is 0.408. The van der Waals surface area contributed by atoms with Crippen LogP contribution in [0.4, 0.5) is 15.8 Å². The summed E-state index contributed by atoms with van der Waals surface area (Å²) in [4.78, 5) is 32.5. The number of amides is 2. The number of anilines is 1. The van der Waals surface area contributed by atoms with Gasteiger partial charge in [0.15, 0.2) is 0 Å². The Hall–Kier alpha value is -3.84. The van der Waals surface area contributed by atoms with Crippen LogP contribution >= 0.6 is 0 Å². The summed E-state index contributed by atoms with van der Waals surface area (Å²) in [6.07, 6.45) is 5.54. The second kappa shape index (κ2) is 11.0. The topological polar surface area (TPSA) is 73.8 Å².